The molecule has 2 aromatic heterocycles. The maximum atomic E-state index is 5.24. The Balaban J connectivity index is 1.03. The van der Waals surface area contributed by atoms with Gasteiger partial charge in [-0.05, 0) is 75.5 Å². The van der Waals surface area contributed by atoms with Crippen LogP contribution in [0.25, 0.3) is 95.0 Å². The van der Waals surface area contributed by atoms with E-state index in [1.807, 2.05) is 66.7 Å². The minimum absolute atomic E-state index is 0.633. The second kappa shape index (κ2) is 13.8. The van der Waals surface area contributed by atoms with Crippen molar-refractivity contribution in [1.29, 1.82) is 0 Å². The van der Waals surface area contributed by atoms with E-state index in [9.17, 15) is 0 Å². The molecule has 0 aliphatic heterocycles. The van der Waals surface area contributed by atoms with Crippen LogP contribution in [-0.4, -0.2) is 24.7 Å². The molecule has 10 rings (SSSR count). The molecule has 0 fully saturated rings. The van der Waals surface area contributed by atoms with Crippen LogP contribution in [0.5, 0.6) is 0 Å². The summed E-state index contributed by atoms with van der Waals surface area (Å²) in [6, 6.07) is 69.4. The lowest BCUT2D eigenvalue weighted by Gasteiger charge is -2.11. The summed E-state index contributed by atoms with van der Waals surface area (Å²) >= 11 is 0. The molecule has 5 nitrogen and oxygen atoms in total. The van der Waals surface area contributed by atoms with Gasteiger partial charge in [0.2, 0.25) is 0 Å². The Morgan fingerprint density at radius 2 is 0.709 bits per heavy atom. The number of nitrogens with zero attached hydrogens (tertiary/aromatic N) is 5. The van der Waals surface area contributed by atoms with Gasteiger partial charge in [0.1, 0.15) is 5.69 Å². The van der Waals surface area contributed by atoms with Gasteiger partial charge in [-0.15, -0.1) is 0 Å². The van der Waals surface area contributed by atoms with Gasteiger partial charge in [-0.2, -0.15) is 5.10 Å². The van der Waals surface area contributed by atoms with Crippen LogP contribution in [0.2, 0.25) is 0 Å². The van der Waals surface area contributed by atoms with Crippen LogP contribution in [0, 0.1) is 0 Å². The van der Waals surface area contributed by atoms with Gasteiger partial charge in [-0.25, -0.2) is 19.6 Å². The number of para-hydroxylation sites is 1. The highest BCUT2D eigenvalue weighted by molar-refractivity contribution is 6.03. The molecule has 258 valence electrons. The SMILES string of the molecule is c1ccc(-c2nc(-c3ccccc3)nc(-c3cccc(-c4cccc(-c5cccc(-c6nn(-c7ccccc7)c7cc8ccccc8cc67)c5)c4)c3)n2)cc1. The van der Waals surface area contributed by atoms with Crippen molar-refractivity contribution in [2.45, 2.75) is 0 Å². The summed E-state index contributed by atoms with van der Waals surface area (Å²) in [7, 11) is 0. The first kappa shape index (κ1) is 32.2. The van der Waals surface area contributed by atoms with Gasteiger partial charge in [0.15, 0.2) is 17.5 Å². The zero-order valence-electron chi connectivity index (χ0n) is 29.8. The first-order valence-corrected chi connectivity index (χ1v) is 18.4. The Kier molecular flexibility index (Phi) is 8.08. The summed E-state index contributed by atoms with van der Waals surface area (Å²) in [6.45, 7) is 0. The largest absolute Gasteiger partial charge is 0.232 e. The van der Waals surface area contributed by atoms with Gasteiger partial charge < -0.3 is 0 Å². The number of aromatic nitrogens is 5. The van der Waals surface area contributed by atoms with E-state index < -0.39 is 0 Å². The van der Waals surface area contributed by atoms with Crippen LogP contribution in [0.15, 0.2) is 200 Å². The van der Waals surface area contributed by atoms with Crippen molar-refractivity contribution in [1.82, 2.24) is 24.7 Å². The highest BCUT2D eigenvalue weighted by Crippen LogP contribution is 2.36. The molecule has 8 aromatic carbocycles. The maximum absolute atomic E-state index is 5.24. The first-order valence-electron chi connectivity index (χ1n) is 18.4. The average molecular weight is 704 g/mol. The normalized spacial score (nSPS) is 11.3. The minimum atomic E-state index is 0.633. The van der Waals surface area contributed by atoms with Crippen LogP contribution in [0.3, 0.4) is 0 Å². The summed E-state index contributed by atoms with van der Waals surface area (Å²) in [5, 5.41) is 8.75. The predicted octanol–water partition coefficient (Wildman–Crippen LogP) is 12.4. The molecule has 0 spiro atoms. The van der Waals surface area contributed by atoms with Gasteiger partial charge >= 0.3 is 0 Å². The van der Waals surface area contributed by atoms with Crippen molar-refractivity contribution >= 4 is 21.7 Å². The lowest BCUT2D eigenvalue weighted by atomic mass is 9.96. The van der Waals surface area contributed by atoms with Gasteiger partial charge in [0, 0.05) is 27.6 Å². The molecule has 0 unspecified atom stereocenters. The Morgan fingerprint density at radius 1 is 0.309 bits per heavy atom. The molecule has 55 heavy (non-hydrogen) atoms. The lowest BCUT2D eigenvalue weighted by molar-refractivity contribution is 0.915. The third kappa shape index (κ3) is 6.24. The van der Waals surface area contributed by atoms with Crippen LogP contribution in [0.1, 0.15) is 0 Å². The molecule has 5 heteroatoms. The maximum Gasteiger partial charge on any atom is 0.164 e. The number of benzene rings is 8. The first-order chi connectivity index (χ1) is 27.2. The fraction of sp³-hybridized carbons (Fsp3) is 0. The molecule has 0 aliphatic carbocycles. The molecule has 0 amide bonds. The van der Waals surface area contributed by atoms with E-state index in [-0.39, 0.29) is 0 Å². The second-order valence-electron chi connectivity index (χ2n) is 13.6. The van der Waals surface area contributed by atoms with Crippen molar-refractivity contribution < 1.29 is 0 Å². The molecular weight excluding hydrogens is 671 g/mol. The van der Waals surface area contributed by atoms with Crippen molar-refractivity contribution in [3.8, 4) is 73.4 Å². The third-order valence-electron chi connectivity index (χ3n) is 10.0. The Hall–Kier alpha value is -7.50. The van der Waals surface area contributed by atoms with E-state index in [0.29, 0.717) is 17.5 Å². The molecule has 0 N–H and O–H groups in total. The smallest absolute Gasteiger partial charge is 0.164 e. The van der Waals surface area contributed by atoms with E-state index in [0.717, 1.165) is 66.8 Å². The van der Waals surface area contributed by atoms with E-state index in [1.165, 1.54) is 10.8 Å². The highest BCUT2D eigenvalue weighted by atomic mass is 15.3. The van der Waals surface area contributed by atoms with Gasteiger partial charge in [-0.3, -0.25) is 0 Å². The predicted molar refractivity (Wildman–Crippen MR) is 225 cm³/mol. The van der Waals surface area contributed by atoms with Crippen LogP contribution >= 0.6 is 0 Å². The van der Waals surface area contributed by atoms with E-state index in [1.54, 1.807) is 0 Å². The number of fused-ring (bicyclic) bond motifs is 2. The Morgan fingerprint density at radius 3 is 1.27 bits per heavy atom. The summed E-state index contributed by atoms with van der Waals surface area (Å²) in [4.78, 5) is 14.8. The second-order valence-corrected chi connectivity index (χ2v) is 13.6. The van der Waals surface area contributed by atoms with Crippen molar-refractivity contribution in [2.75, 3.05) is 0 Å². The zero-order chi connectivity index (χ0) is 36.6. The van der Waals surface area contributed by atoms with Crippen LogP contribution in [-0.2, 0) is 0 Å². The summed E-state index contributed by atoms with van der Waals surface area (Å²) in [5.74, 6) is 1.92. The van der Waals surface area contributed by atoms with Crippen molar-refractivity contribution in [3.63, 3.8) is 0 Å². The number of hydrogen-bond acceptors (Lipinski definition) is 4. The fourth-order valence-electron chi connectivity index (χ4n) is 7.28. The highest BCUT2D eigenvalue weighted by Gasteiger charge is 2.17. The molecule has 0 aliphatic rings. The average Bonchev–Trinajstić information content (AvgIpc) is 3.65. The van der Waals surface area contributed by atoms with Crippen molar-refractivity contribution in [3.05, 3.63) is 200 Å². The molecule has 0 radical (unpaired) electrons. The molecule has 0 saturated carbocycles. The minimum Gasteiger partial charge on any atom is -0.232 e. The molecule has 0 saturated heterocycles. The summed E-state index contributed by atoms with van der Waals surface area (Å²) < 4.78 is 2.06. The number of hydrogen-bond donors (Lipinski definition) is 0. The summed E-state index contributed by atoms with van der Waals surface area (Å²) in [5.41, 5.74) is 11.4. The molecule has 0 atom stereocenters. The number of rotatable bonds is 7. The van der Waals surface area contributed by atoms with E-state index >= 15 is 0 Å². The van der Waals surface area contributed by atoms with Crippen LogP contribution in [0.4, 0.5) is 0 Å². The zero-order valence-corrected chi connectivity index (χ0v) is 29.8. The van der Waals surface area contributed by atoms with Crippen LogP contribution < -0.4 is 0 Å². The fourth-order valence-corrected chi connectivity index (χ4v) is 7.28. The molecular formula is C50H33N5. The monoisotopic (exact) mass is 703 g/mol. The topological polar surface area (TPSA) is 56.5 Å². The van der Waals surface area contributed by atoms with Gasteiger partial charge in [0.05, 0.1) is 11.2 Å². The summed E-state index contributed by atoms with van der Waals surface area (Å²) in [6.07, 6.45) is 0. The lowest BCUT2D eigenvalue weighted by Crippen LogP contribution is -2.00. The third-order valence-corrected chi connectivity index (χ3v) is 10.0. The van der Waals surface area contributed by atoms with Crippen molar-refractivity contribution in [2.24, 2.45) is 0 Å². The Labute approximate surface area is 318 Å². The van der Waals surface area contributed by atoms with E-state index in [4.69, 9.17) is 20.1 Å². The standard InChI is InChI=1S/C50H33N5/c1-4-15-34(16-5-1)48-51-49(35-17-6-2-7-18-35)53-50(52-48)43-26-14-24-39(31-43)37-22-12-21-36(29-37)38-23-13-25-42(30-38)47-45-32-40-19-10-11-20-41(40)33-46(45)55(54-47)44-27-8-3-9-28-44/h1-33H. The van der Waals surface area contributed by atoms with Gasteiger partial charge in [0.25, 0.3) is 0 Å². The Bertz CT molecular complexity index is 2910. The molecule has 2 heterocycles. The van der Waals surface area contributed by atoms with Gasteiger partial charge in [-0.1, -0.05) is 158 Å². The quantitative estimate of drug-likeness (QED) is 0.166. The molecule has 10 aromatic rings. The van der Waals surface area contributed by atoms with E-state index in [2.05, 4.69) is 138 Å². The molecule has 0 bridgehead atoms.